The van der Waals surface area contributed by atoms with Gasteiger partial charge in [0.05, 0.1) is 23.0 Å². The van der Waals surface area contributed by atoms with Crippen LogP contribution in [0.3, 0.4) is 0 Å². The van der Waals surface area contributed by atoms with Gasteiger partial charge in [0.1, 0.15) is 11.4 Å². The van der Waals surface area contributed by atoms with Gasteiger partial charge in [0.25, 0.3) is 5.91 Å². The summed E-state index contributed by atoms with van der Waals surface area (Å²) in [5.41, 5.74) is 4.26. The van der Waals surface area contributed by atoms with Crippen LogP contribution in [0.15, 0.2) is 87.1 Å². The Morgan fingerprint density at radius 3 is 2.70 bits per heavy atom. The van der Waals surface area contributed by atoms with Crippen molar-refractivity contribution in [2.75, 3.05) is 0 Å². The molecule has 8 heteroatoms. The summed E-state index contributed by atoms with van der Waals surface area (Å²) in [7, 11) is 0. The number of hydrogen-bond donors (Lipinski definition) is 2. The third kappa shape index (κ3) is 3.90. The Balaban J connectivity index is 1.56. The van der Waals surface area contributed by atoms with Gasteiger partial charge in [0, 0.05) is 26.9 Å². The van der Waals surface area contributed by atoms with Gasteiger partial charge < -0.3 is 9.40 Å². The van der Waals surface area contributed by atoms with E-state index in [9.17, 15) is 14.0 Å². The molecule has 0 fully saturated rings. The number of H-pyrrole nitrogens is 1. The number of benzene rings is 3. The van der Waals surface area contributed by atoms with Gasteiger partial charge in [-0.3, -0.25) is 4.79 Å². The number of halogens is 2. The van der Waals surface area contributed by atoms with Gasteiger partial charge in [-0.25, -0.2) is 14.6 Å². The topological polar surface area (TPSA) is 87.5 Å². The molecule has 5 aromatic rings. The summed E-state index contributed by atoms with van der Waals surface area (Å²) in [6.45, 7) is 0. The average Bonchev–Trinajstić information content (AvgIpc) is 3.17. The van der Waals surface area contributed by atoms with Crippen molar-refractivity contribution in [2.45, 2.75) is 0 Å². The maximum atomic E-state index is 14.0. The number of amides is 1. The van der Waals surface area contributed by atoms with Gasteiger partial charge in [-0.15, -0.1) is 0 Å². The lowest BCUT2D eigenvalue weighted by molar-refractivity contribution is 0.0951. The van der Waals surface area contributed by atoms with Gasteiger partial charge in [-0.1, -0.05) is 48.0 Å². The Morgan fingerprint density at radius 1 is 1.06 bits per heavy atom. The summed E-state index contributed by atoms with van der Waals surface area (Å²) >= 11 is 5.74. The highest BCUT2D eigenvalue weighted by Gasteiger charge is 2.17. The van der Waals surface area contributed by atoms with E-state index in [1.54, 1.807) is 18.2 Å². The van der Waals surface area contributed by atoms with Crippen LogP contribution in [-0.2, 0) is 0 Å². The molecule has 33 heavy (non-hydrogen) atoms. The van der Waals surface area contributed by atoms with E-state index in [-0.39, 0.29) is 10.6 Å². The normalized spacial score (nSPS) is 11.5. The predicted molar refractivity (Wildman–Crippen MR) is 126 cm³/mol. The number of nitrogens with zero attached hydrogens (tertiary/aromatic N) is 1. The first-order valence-corrected chi connectivity index (χ1v) is 10.3. The maximum Gasteiger partial charge on any atom is 0.345 e. The fraction of sp³-hybridized carbons (Fsp3) is 0. The van der Waals surface area contributed by atoms with Crippen LogP contribution in [0.1, 0.15) is 15.9 Å². The lowest BCUT2D eigenvalue weighted by Crippen LogP contribution is -2.19. The number of aromatic nitrogens is 1. The van der Waals surface area contributed by atoms with Crippen molar-refractivity contribution in [2.24, 2.45) is 5.10 Å². The first kappa shape index (κ1) is 20.7. The van der Waals surface area contributed by atoms with Gasteiger partial charge in [-0.2, -0.15) is 5.10 Å². The zero-order valence-corrected chi connectivity index (χ0v) is 17.7. The largest absolute Gasteiger partial charge is 0.422 e. The van der Waals surface area contributed by atoms with Crippen LogP contribution in [0.25, 0.3) is 33.1 Å². The summed E-state index contributed by atoms with van der Waals surface area (Å²) in [5, 5.41) is 5.74. The standard InChI is InChI=1S/C25H15ClFN3O3/c26-15-9-10-17(20(27)12-15)24(31)30-28-13-19-16-6-2-3-7-21(16)29-23(19)18-11-14-5-1-4-8-22(14)33-25(18)32/h1-13,29H,(H,30,31)/b28-13+. The number of nitrogens with one attached hydrogen (secondary N) is 2. The van der Waals surface area contributed by atoms with Crippen LogP contribution in [0, 0.1) is 5.82 Å². The number of hydrazone groups is 1. The summed E-state index contributed by atoms with van der Waals surface area (Å²) in [5.74, 6) is -1.48. The molecule has 1 amide bonds. The molecule has 0 aliphatic heterocycles. The van der Waals surface area contributed by atoms with Crippen molar-refractivity contribution in [1.29, 1.82) is 0 Å². The molecule has 0 radical (unpaired) electrons. The third-order valence-electron chi connectivity index (χ3n) is 5.19. The minimum atomic E-state index is -0.753. The van der Waals surface area contributed by atoms with Gasteiger partial charge in [-0.05, 0) is 36.4 Å². The Hall–Kier alpha value is -4.23. The molecule has 0 aliphatic carbocycles. The van der Waals surface area contributed by atoms with E-state index in [4.69, 9.17) is 16.0 Å². The van der Waals surface area contributed by atoms with Crippen LogP contribution >= 0.6 is 11.6 Å². The number of carbonyl (C=O) groups excluding carboxylic acids is 1. The number of para-hydroxylation sites is 2. The minimum absolute atomic E-state index is 0.185. The number of carbonyl (C=O) groups is 1. The number of aromatic amines is 1. The first-order chi connectivity index (χ1) is 16.0. The summed E-state index contributed by atoms with van der Waals surface area (Å²) in [6, 6.07) is 20.1. The van der Waals surface area contributed by atoms with Crippen LogP contribution < -0.4 is 11.1 Å². The Bertz CT molecular complexity index is 1620. The highest BCUT2D eigenvalue weighted by Crippen LogP contribution is 2.29. The first-order valence-electron chi connectivity index (χ1n) is 9.94. The highest BCUT2D eigenvalue weighted by molar-refractivity contribution is 6.30. The molecule has 5 rings (SSSR count). The Morgan fingerprint density at radius 2 is 1.85 bits per heavy atom. The second-order valence-electron chi connectivity index (χ2n) is 7.27. The monoisotopic (exact) mass is 459 g/mol. The number of fused-ring (bicyclic) bond motifs is 2. The molecule has 0 unspecified atom stereocenters. The predicted octanol–water partition coefficient (Wildman–Crippen LogP) is 5.50. The van der Waals surface area contributed by atoms with Gasteiger partial charge in [0.2, 0.25) is 0 Å². The second-order valence-corrected chi connectivity index (χ2v) is 7.70. The summed E-state index contributed by atoms with van der Waals surface area (Å²) < 4.78 is 19.5. The lowest BCUT2D eigenvalue weighted by atomic mass is 10.1. The molecule has 0 saturated heterocycles. The van der Waals surface area contributed by atoms with E-state index in [0.717, 1.165) is 22.4 Å². The zero-order valence-electron chi connectivity index (χ0n) is 16.9. The fourth-order valence-electron chi connectivity index (χ4n) is 3.64. The van der Waals surface area contributed by atoms with Crippen molar-refractivity contribution in [3.63, 3.8) is 0 Å². The smallest absolute Gasteiger partial charge is 0.345 e. The van der Waals surface area contributed by atoms with E-state index < -0.39 is 17.3 Å². The van der Waals surface area contributed by atoms with Crippen molar-refractivity contribution >= 4 is 45.6 Å². The average molecular weight is 460 g/mol. The molecule has 2 heterocycles. The van der Waals surface area contributed by atoms with Crippen molar-refractivity contribution in [3.8, 4) is 11.3 Å². The van der Waals surface area contributed by atoms with E-state index >= 15 is 0 Å². The minimum Gasteiger partial charge on any atom is -0.422 e. The van der Waals surface area contributed by atoms with E-state index in [1.807, 2.05) is 36.4 Å². The lowest BCUT2D eigenvalue weighted by Gasteiger charge is -2.03. The molecule has 2 N–H and O–H groups in total. The van der Waals surface area contributed by atoms with Crippen molar-refractivity contribution in [1.82, 2.24) is 10.4 Å². The van der Waals surface area contributed by atoms with Gasteiger partial charge in [0.15, 0.2) is 0 Å². The molecule has 162 valence electrons. The van der Waals surface area contributed by atoms with Crippen LogP contribution in [-0.4, -0.2) is 17.1 Å². The number of hydrogen-bond acceptors (Lipinski definition) is 4. The maximum absolute atomic E-state index is 14.0. The van der Waals surface area contributed by atoms with Crippen LogP contribution in [0.2, 0.25) is 5.02 Å². The van der Waals surface area contributed by atoms with E-state index in [2.05, 4.69) is 15.5 Å². The van der Waals surface area contributed by atoms with Crippen molar-refractivity contribution in [3.05, 3.63) is 105 Å². The Kier molecular flexibility index (Phi) is 5.24. The molecule has 0 spiro atoms. The molecule has 0 bridgehead atoms. The fourth-order valence-corrected chi connectivity index (χ4v) is 3.79. The molecular formula is C25H15ClFN3O3. The molecular weight excluding hydrogens is 445 g/mol. The SMILES string of the molecule is O=C(N/N=C/c1c(-c2cc3ccccc3oc2=O)[nH]c2ccccc12)c1ccc(Cl)cc1F. The molecule has 0 atom stereocenters. The zero-order chi connectivity index (χ0) is 22.9. The molecule has 6 nitrogen and oxygen atoms in total. The molecule has 2 aromatic heterocycles. The van der Waals surface area contributed by atoms with Crippen molar-refractivity contribution < 1.29 is 13.6 Å². The highest BCUT2D eigenvalue weighted by atomic mass is 35.5. The van der Waals surface area contributed by atoms with Crippen LogP contribution in [0.4, 0.5) is 4.39 Å². The van der Waals surface area contributed by atoms with E-state index in [0.29, 0.717) is 22.4 Å². The third-order valence-corrected chi connectivity index (χ3v) is 5.43. The summed E-state index contributed by atoms with van der Waals surface area (Å²) in [4.78, 5) is 28.3. The quantitative estimate of drug-likeness (QED) is 0.211. The molecule has 0 aliphatic rings. The molecule has 0 saturated carbocycles. The van der Waals surface area contributed by atoms with Crippen LogP contribution in [0.5, 0.6) is 0 Å². The van der Waals surface area contributed by atoms with E-state index in [1.165, 1.54) is 18.3 Å². The second kappa shape index (κ2) is 8.37. The van der Waals surface area contributed by atoms with Gasteiger partial charge >= 0.3 is 5.63 Å². The molecule has 3 aromatic carbocycles. The number of rotatable bonds is 4. The summed E-state index contributed by atoms with van der Waals surface area (Å²) in [6.07, 6.45) is 1.41. The Labute approximate surface area is 191 Å².